The molecule has 0 aromatic heterocycles. The maximum atomic E-state index is 11.0. The highest BCUT2D eigenvalue weighted by atomic mass is 35.5. The van der Waals surface area contributed by atoms with E-state index in [0.717, 1.165) is 31.2 Å². The van der Waals surface area contributed by atoms with Gasteiger partial charge in [0.15, 0.2) is 0 Å². The summed E-state index contributed by atoms with van der Waals surface area (Å²) in [7, 11) is 0. The molecule has 4 N–H and O–H groups in total. The molecule has 0 bridgehead atoms. The second-order valence-electron chi connectivity index (χ2n) is 5.02. The topological polar surface area (TPSA) is 78.3 Å². The van der Waals surface area contributed by atoms with E-state index in [2.05, 4.69) is 0 Å². The third-order valence-electron chi connectivity index (χ3n) is 3.53. The SMILES string of the molecule is NC(=O)c1ccc(COC2CCC(N)CC2)c(Cl)c1. The highest BCUT2D eigenvalue weighted by Crippen LogP contribution is 2.23. The van der Waals surface area contributed by atoms with Gasteiger partial charge in [0.2, 0.25) is 5.91 Å². The predicted molar refractivity (Wildman–Crippen MR) is 75.0 cm³/mol. The molecule has 0 atom stereocenters. The number of nitrogens with two attached hydrogens (primary N) is 2. The van der Waals surface area contributed by atoms with E-state index in [1.54, 1.807) is 18.2 Å². The number of amides is 1. The number of hydrogen-bond acceptors (Lipinski definition) is 3. The molecule has 1 fully saturated rings. The Balaban J connectivity index is 1.91. The first-order valence-corrected chi connectivity index (χ1v) is 6.89. The Labute approximate surface area is 118 Å². The lowest BCUT2D eigenvalue weighted by atomic mass is 9.94. The number of hydrogen-bond donors (Lipinski definition) is 2. The van der Waals surface area contributed by atoms with Crippen LogP contribution in [-0.4, -0.2) is 18.1 Å². The summed E-state index contributed by atoms with van der Waals surface area (Å²) in [6, 6.07) is 5.36. The summed E-state index contributed by atoms with van der Waals surface area (Å²) >= 11 is 6.11. The summed E-state index contributed by atoms with van der Waals surface area (Å²) in [5.74, 6) is -0.476. The molecule has 19 heavy (non-hydrogen) atoms. The van der Waals surface area contributed by atoms with E-state index in [1.807, 2.05) is 0 Å². The Kier molecular flexibility index (Phi) is 4.80. The van der Waals surface area contributed by atoms with Crippen molar-refractivity contribution in [3.8, 4) is 0 Å². The van der Waals surface area contributed by atoms with E-state index < -0.39 is 5.91 Å². The van der Waals surface area contributed by atoms with Crippen LogP contribution in [0.4, 0.5) is 0 Å². The third kappa shape index (κ3) is 3.93. The van der Waals surface area contributed by atoms with Gasteiger partial charge in [-0.25, -0.2) is 0 Å². The quantitative estimate of drug-likeness (QED) is 0.889. The minimum atomic E-state index is -0.476. The molecule has 1 aliphatic carbocycles. The maximum Gasteiger partial charge on any atom is 0.248 e. The lowest BCUT2D eigenvalue weighted by Gasteiger charge is -2.26. The summed E-state index contributed by atoms with van der Waals surface area (Å²) in [5, 5.41) is 0.517. The average molecular weight is 283 g/mol. The van der Waals surface area contributed by atoms with Gasteiger partial charge in [-0.05, 0) is 43.4 Å². The van der Waals surface area contributed by atoms with Gasteiger partial charge in [-0.1, -0.05) is 17.7 Å². The van der Waals surface area contributed by atoms with Gasteiger partial charge in [-0.2, -0.15) is 0 Å². The van der Waals surface area contributed by atoms with E-state index in [9.17, 15) is 4.79 Å². The van der Waals surface area contributed by atoms with Crippen molar-refractivity contribution in [1.82, 2.24) is 0 Å². The van der Waals surface area contributed by atoms with Gasteiger partial charge >= 0.3 is 0 Å². The van der Waals surface area contributed by atoms with Gasteiger partial charge in [0.25, 0.3) is 0 Å². The van der Waals surface area contributed by atoms with Gasteiger partial charge in [0, 0.05) is 16.6 Å². The van der Waals surface area contributed by atoms with Crippen molar-refractivity contribution in [2.24, 2.45) is 11.5 Å². The molecule has 0 unspecified atom stereocenters. The lowest BCUT2D eigenvalue weighted by molar-refractivity contribution is 0.0138. The van der Waals surface area contributed by atoms with Crippen molar-refractivity contribution in [2.75, 3.05) is 0 Å². The summed E-state index contributed by atoms with van der Waals surface area (Å²) in [5.41, 5.74) is 12.3. The zero-order valence-electron chi connectivity index (χ0n) is 10.8. The van der Waals surface area contributed by atoms with Crippen LogP contribution in [-0.2, 0) is 11.3 Å². The molecule has 2 rings (SSSR count). The number of carbonyl (C=O) groups excluding carboxylic acids is 1. The van der Waals surface area contributed by atoms with Gasteiger partial charge in [0.05, 0.1) is 12.7 Å². The number of primary amides is 1. The molecular weight excluding hydrogens is 264 g/mol. The smallest absolute Gasteiger partial charge is 0.248 e. The van der Waals surface area contributed by atoms with E-state index in [0.29, 0.717) is 23.2 Å². The third-order valence-corrected chi connectivity index (χ3v) is 3.88. The fraction of sp³-hybridized carbons (Fsp3) is 0.500. The second-order valence-corrected chi connectivity index (χ2v) is 5.43. The van der Waals surface area contributed by atoms with E-state index >= 15 is 0 Å². The molecule has 0 aliphatic heterocycles. The first kappa shape index (κ1) is 14.3. The average Bonchev–Trinajstić information content (AvgIpc) is 2.39. The van der Waals surface area contributed by atoms with Gasteiger partial charge in [-0.3, -0.25) is 4.79 Å². The van der Waals surface area contributed by atoms with Crippen molar-refractivity contribution >= 4 is 17.5 Å². The van der Waals surface area contributed by atoms with Crippen LogP contribution in [0.5, 0.6) is 0 Å². The molecule has 0 spiro atoms. The fourth-order valence-electron chi connectivity index (χ4n) is 2.28. The Bertz CT molecular complexity index is 457. The normalized spacial score (nSPS) is 23.3. The van der Waals surface area contributed by atoms with Crippen LogP contribution in [0, 0.1) is 0 Å². The first-order chi connectivity index (χ1) is 9.06. The van der Waals surface area contributed by atoms with Crippen LogP contribution in [0.2, 0.25) is 5.02 Å². The van der Waals surface area contributed by atoms with Crippen LogP contribution in [0.25, 0.3) is 0 Å². The highest BCUT2D eigenvalue weighted by molar-refractivity contribution is 6.31. The minimum absolute atomic E-state index is 0.256. The van der Waals surface area contributed by atoms with Crippen molar-refractivity contribution in [1.29, 1.82) is 0 Å². The molecule has 1 amide bonds. The zero-order chi connectivity index (χ0) is 13.8. The summed E-state index contributed by atoms with van der Waals surface area (Å²) in [6.07, 6.45) is 4.28. The second kappa shape index (κ2) is 6.37. The lowest BCUT2D eigenvalue weighted by Crippen LogP contribution is -2.30. The molecule has 1 aromatic carbocycles. The highest BCUT2D eigenvalue weighted by Gasteiger charge is 2.19. The predicted octanol–water partition coefficient (Wildman–Crippen LogP) is 2.23. The first-order valence-electron chi connectivity index (χ1n) is 6.51. The molecule has 0 heterocycles. The number of ether oxygens (including phenoxy) is 1. The summed E-state index contributed by atoms with van der Waals surface area (Å²) in [6.45, 7) is 0.456. The minimum Gasteiger partial charge on any atom is -0.373 e. The molecule has 4 nitrogen and oxygen atoms in total. The summed E-state index contributed by atoms with van der Waals surface area (Å²) in [4.78, 5) is 11.0. The monoisotopic (exact) mass is 282 g/mol. The Morgan fingerprint density at radius 2 is 2.00 bits per heavy atom. The van der Waals surface area contributed by atoms with E-state index in [4.69, 9.17) is 27.8 Å². The number of rotatable bonds is 4. The van der Waals surface area contributed by atoms with Crippen LogP contribution in [0.1, 0.15) is 41.6 Å². The van der Waals surface area contributed by atoms with Crippen molar-refractivity contribution in [2.45, 2.75) is 44.4 Å². The van der Waals surface area contributed by atoms with Crippen LogP contribution in [0.3, 0.4) is 0 Å². The van der Waals surface area contributed by atoms with Gasteiger partial charge in [-0.15, -0.1) is 0 Å². The van der Waals surface area contributed by atoms with Crippen LogP contribution >= 0.6 is 11.6 Å². The fourth-order valence-corrected chi connectivity index (χ4v) is 2.52. The van der Waals surface area contributed by atoms with Crippen molar-refractivity contribution in [3.63, 3.8) is 0 Å². The van der Waals surface area contributed by atoms with Gasteiger partial charge < -0.3 is 16.2 Å². The molecule has 1 saturated carbocycles. The standard InChI is InChI=1S/C14H19ClN2O2/c15-13-7-9(14(17)18)1-2-10(13)8-19-12-5-3-11(16)4-6-12/h1-2,7,11-12H,3-6,8,16H2,(H2,17,18). The molecule has 5 heteroatoms. The summed E-state index contributed by atoms with van der Waals surface area (Å²) < 4.78 is 5.84. The number of benzene rings is 1. The number of halogens is 1. The van der Waals surface area contributed by atoms with Crippen molar-refractivity contribution in [3.05, 3.63) is 34.3 Å². The molecule has 0 saturated heterocycles. The van der Waals surface area contributed by atoms with Crippen molar-refractivity contribution < 1.29 is 9.53 Å². The molecule has 104 valence electrons. The molecule has 0 radical (unpaired) electrons. The van der Waals surface area contributed by atoms with Crippen LogP contribution in [0.15, 0.2) is 18.2 Å². The maximum absolute atomic E-state index is 11.0. The Morgan fingerprint density at radius 1 is 1.32 bits per heavy atom. The van der Waals surface area contributed by atoms with Crippen LogP contribution < -0.4 is 11.5 Å². The molecule has 1 aliphatic rings. The Hall–Kier alpha value is -1.10. The van der Waals surface area contributed by atoms with E-state index in [-0.39, 0.29) is 6.10 Å². The largest absolute Gasteiger partial charge is 0.373 e. The van der Waals surface area contributed by atoms with Gasteiger partial charge in [0.1, 0.15) is 0 Å². The zero-order valence-corrected chi connectivity index (χ0v) is 11.5. The molecule has 1 aromatic rings. The van der Waals surface area contributed by atoms with E-state index in [1.165, 1.54) is 0 Å². The Morgan fingerprint density at radius 3 is 2.58 bits per heavy atom. The number of carbonyl (C=O) groups is 1. The molecular formula is C14H19ClN2O2.